The van der Waals surface area contributed by atoms with Crippen LogP contribution in [0.25, 0.3) is 0 Å². The van der Waals surface area contributed by atoms with Crippen molar-refractivity contribution in [3.63, 3.8) is 0 Å². The van der Waals surface area contributed by atoms with E-state index in [4.69, 9.17) is 4.74 Å². The second kappa shape index (κ2) is 7.66. The molecule has 1 aliphatic carbocycles. The Hall–Kier alpha value is -2.08. The van der Waals surface area contributed by atoms with Crippen LogP contribution in [0.4, 0.5) is 4.79 Å². The van der Waals surface area contributed by atoms with Gasteiger partial charge in [-0.2, -0.15) is 0 Å². The zero-order valence-corrected chi connectivity index (χ0v) is 14.9. The van der Waals surface area contributed by atoms with Crippen molar-refractivity contribution in [2.24, 2.45) is 5.92 Å². The van der Waals surface area contributed by atoms with Crippen molar-refractivity contribution >= 4 is 17.4 Å². The van der Waals surface area contributed by atoms with E-state index in [2.05, 4.69) is 10.3 Å². The summed E-state index contributed by atoms with van der Waals surface area (Å²) in [5, 5.41) is 4.96. The van der Waals surface area contributed by atoms with Crippen LogP contribution in [0, 0.1) is 5.92 Å². The lowest BCUT2D eigenvalue weighted by molar-refractivity contribution is 0.194. The molecular formula is C18H23N3O2S. The van der Waals surface area contributed by atoms with Gasteiger partial charge in [-0.05, 0) is 42.7 Å². The molecule has 2 amide bonds. The van der Waals surface area contributed by atoms with Crippen LogP contribution in [-0.2, 0) is 6.54 Å². The summed E-state index contributed by atoms with van der Waals surface area (Å²) in [5.41, 5.74) is 0.958. The molecule has 1 saturated carbocycles. The highest BCUT2D eigenvalue weighted by Crippen LogP contribution is 2.29. The average molecular weight is 345 g/mol. The number of carbonyl (C=O) groups excluding carboxylic acids is 1. The van der Waals surface area contributed by atoms with E-state index >= 15 is 0 Å². The Balaban J connectivity index is 1.46. The molecule has 2 heterocycles. The largest absolute Gasteiger partial charge is 0.477 e. The lowest BCUT2D eigenvalue weighted by Crippen LogP contribution is -2.38. The van der Waals surface area contributed by atoms with E-state index in [0.717, 1.165) is 12.2 Å². The topological polar surface area (TPSA) is 54.5 Å². The third-order valence-corrected chi connectivity index (χ3v) is 5.30. The molecule has 2 aromatic heterocycles. The molecule has 1 fully saturated rings. The van der Waals surface area contributed by atoms with Gasteiger partial charge in [-0.3, -0.25) is 0 Å². The minimum Gasteiger partial charge on any atom is -0.477 e. The minimum absolute atomic E-state index is 0.0568. The van der Waals surface area contributed by atoms with Crippen molar-refractivity contribution in [2.45, 2.75) is 32.4 Å². The van der Waals surface area contributed by atoms with E-state index in [1.165, 1.54) is 17.7 Å². The third-order valence-electron chi connectivity index (χ3n) is 4.26. The number of amides is 2. The summed E-state index contributed by atoms with van der Waals surface area (Å²) < 4.78 is 5.62. The number of nitrogens with zero attached hydrogens (tertiary/aromatic N) is 2. The van der Waals surface area contributed by atoms with Crippen LogP contribution in [0.5, 0.6) is 5.88 Å². The first-order chi connectivity index (χ1) is 11.6. The lowest BCUT2D eigenvalue weighted by Gasteiger charge is -2.24. The number of carbonyl (C=O) groups is 1. The summed E-state index contributed by atoms with van der Waals surface area (Å²) in [4.78, 5) is 19.5. The number of nitrogens with one attached hydrogen (secondary N) is 1. The Morgan fingerprint density at radius 1 is 1.46 bits per heavy atom. The standard InChI is InChI=1S/C18H23N3O2S/c1-13(16-4-3-9-24-16)21(2)18(22)20-11-15-7-8-17(19-10-15)23-12-14-5-6-14/h3-4,7-10,13-14H,5-6,11-12H2,1-2H3,(H,20,22). The number of aromatic nitrogens is 1. The maximum atomic E-state index is 12.3. The van der Waals surface area contributed by atoms with E-state index in [0.29, 0.717) is 18.3 Å². The van der Waals surface area contributed by atoms with Crippen LogP contribution in [-0.4, -0.2) is 29.6 Å². The molecule has 0 spiro atoms. The van der Waals surface area contributed by atoms with Crippen molar-refractivity contribution in [2.75, 3.05) is 13.7 Å². The fraction of sp³-hybridized carbons (Fsp3) is 0.444. The Bertz CT molecular complexity index is 653. The summed E-state index contributed by atoms with van der Waals surface area (Å²) in [6.07, 6.45) is 4.29. The fourth-order valence-corrected chi connectivity index (χ4v) is 3.11. The second-order valence-electron chi connectivity index (χ2n) is 6.22. The maximum absolute atomic E-state index is 12.3. The zero-order chi connectivity index (χ0) is 16.9. The molecular weight excluding hydrogens is 322 g/mol. The highest BCUT2D eigenvalue weighted by molar-refractivity contribution is 7.10. The Morgan fingerprint density at radius 3 is 2.92 bits per heavy atom. The highest BCUT2D eigenvalue weighted by atomic mass is 32.1. The molecule has 2 aromatic rings. The molecule has 1 aliphatic rings. The maximum Gasteiger partial charge on any atom is 0.317 e. The molecule has 24 heavy (non-hydrogen) atoms. The van der Waals surface area contributed by atoms with Crippen molar-refractivity contribution in [3.05, 3.63) is 46.3 Å². The molecule has 0 aromatic carbocycles. The summed E-state index contributed by atoms with van der Waals surface area (Å²) in [5.74, 6) is 1.37. The van der Waals surface area contributed by atoms with E-state index < -0.39 is 0 Å². The number of hydrogen-bond acceptors (Lipinski definition) is 4. The van der Waals surface area contributed by atoms with Gasteiger partial charge in [0.1, 0.15) is 0 Å². The van der Waals surface area contributed by atoms with Crippen molar-refractivity contribution < 1.29 is 9.53 Å². The predicted molar refractivity (Wildman–Crippen MR) is 95.2 cm³/mol. The highest BCUT2D eigenvalue weighted by Gasteiger charge is 2.22. The molecule has 1 atom stereocenters. The summed E-state index contributed by atoms with van der Waals surface area (Å²) in [6.45, 7) is 3.24. The molecule has 0 saturated heterocycles. The Labute approximate surface area is 146 Å². The molecule has 0 aliphatic heterocycles. The molecule has 1 N–H and O–H groups in total. The third kappa shape index (κ3) is 4.47. The first kappa shape index (κ1) is 16.8. The fourth-order valence-electron chi connectivity index (χ4n) is 2.29. The van der Waals surface area contributed by atoms with Gasteiger partial charge in [0.15, 0.2) is 0 Å². The first-order valence-corrected chi connectivity index (χ1v) is 9.13. The molecule has 5 nitrogen and oxygen atoms in total. The lowest BCUT2D eigenvalue weighted by atomic mass is 10.2. The van der Waals surface area contributed by atoms with Crippen LogP contribution in [0.15, 0.2) is 35.8 Å². The van der Waals surface area contributed by atoms with Crippen molar-refractivity contribution in [1.82, 2.24) is 15.2 Å². The number of thiophene rings is 1. The summed E-state index contributed by atoms with van der Waals surface area (Å²) in [6, 6.07) is 7.82. The monoisotopic (exact) mass is 345 g/mol. The van der Waals surface area contributed by atoms with Gasteiger partial charge in [-0.25, -0.2) is 9.78 Å². The van der Waals surface area contributed by atoms with E-state index in [9.17, 15) is 4.79 Å². The minimum atomic E-state index is -0.0926. The number of ether oxygens (including phenoxy) is 1. The summed E-state index contributed by atoms with van der Waals surface area (Å²) >= 11 is 1.66. The van der Waals surface area contributed by atoms with Crippen LogP contribution < -0.4 is 10.1 Å². The van der Waals surface area contributed by atoms with Gasteiger partial charge < -0.3 is 15.0 Å². The molecule has 6 heteroatoms. The molecule has 0 bridgehead atoms. The van der Waals surface area contributed by atoms with Crippen molar-refractivity contribution in [3.8, 4) is 5.88 Å². The number of pyridine rings is 1. The normalized spacial score (nSPS) is 14.9. The van der Waals surface area contributed by atoms with Gasteiger partial charge in [-0.1, -0.05) is 12.1 Å². The van der Waals surface area contributed by atoms with Gasteiger partial charge >= 0.3 is 6.03 Å². The van der Waals surface area contributed by atoms with Crippen molar-refractivity contribution in [1.29, 1.82) is 0 Å². The molecule has 0 radical (unpaired) electrons. The van der Waals surface area contributed by atoms with E-state index in [1.54, 1.807) is 22.4 Å². The predicted octanol–water partition coefficient (Wildman–Crippen LogP) is 3.83. The smallest absolute Gasteiger partial charge is 0.317 e. The second-order valence-corrected chi connectivity index (χ2v) is 7.20. The molecule has 128 valence electrons. The van der Waals surface area contributed by atoms with E-state index in [1.807, 2.05) is 43.6 Å². The first-order valence-electron chi connectivity index (χ1n) is 8.25. The molecule has 1 unspecified atom stereocenters. The van der Waals surface area contributed by atoms with Crippen LogP contribution in [0.2, 0.25) is 0 Å². The average Bonchev–Trinajstić information content (AvgIpc) is 3.28. The number of hydrogen-bond donors (Lipinski definition) is 1. The zero-order valence-electron chi connectivity index (χ0n) is 14.1. The van der Waals surface area contributed by atoms with Gasteiger partial charge in [0.05, 0.1) is 12.6 Å². The number of rotatable bonds is 7. The van der Waals surface area contributed by atoms with Crippen LogP contribution in [0.3, 0.4) is 0 Å². The Morgan fingerprint density at radius 2 is 2.29 bits per heavy atom. The van der Waals surface area contributed by atoms with Crippen LogP contribution >= 0.6 is 11.3 Å². The van der Waals surface area contributed by atoms with E-state index in [-0.39, 0.29) is 12.1 Å². The van der Waals surface area contributed by atoms with Gasteiger partial charge in [0.2, 0.25) is 5.88 Å². The quantitative estimate of drug-likeness (QED) is 0.829. The van der Waals surface area contributed by atoms with Gasteiger partial charge in [-0.15, -0.1) is 11.3 Å². The van der Waals surface area contributed by atoms with Crippen LogP contribution in [0.1, 0.15) is 36.2 Å². The summed E-state index contributed by atoms with van der Waals surface area (Å²) in [7, 11) is 1.81. The number of urea groups is 1. The molecule has 3 rings (SSSR count). The van der Waals surface area contributed by atoms with Gasteiger partial charge in [0, 0.05) is 30.7 Å². The van der Waals surface area contributed by atoms with Gasteiger partial charge in [0.25, 0.3) is 0 Å². The Kier molecular flexibility index (Phi) is 5.35. The SMILES string of the molecule is CC(c1cccs1)N(C)C(=O)NCc1ccc(OCC2CC2)nc1.